The Kier molecular flexibility index (Phi) is 10.2. The van der Waals surface area contributed by atoms with Crippen LogP contribution in [0, 0.1) is 23.2 Å². The Morgan fingerprint density at radius 1 is 1.19 bits per heavy atom. The van der Waals surface area contributed by atoms with Crippen molar-refractivity contribution in [1.82, 2.24) is 0 Å². The van der Waals surface area contributed by atoms with Crippen molar-refractivity contribution in [3.05, 3.63) is 35.5 Å². The Morgan fingerprint density at radius 2 is 1.92 bits per heavy atom. The van der Waals surface area contributed by atoms with E-state index in [9.17, 15) is 4.79 Å². The normalized spacial score (nSPS) is 32.0. The zero-order valence-corrected chi connectivity index (χ0v) is 26.4. The van der Waals surface area contributed by atoms with Crippen LogP contribution in [-0.4, -0.2) is 27.0 Å². The van der Waals surface area contributed by atoms with Gasteiger partial charge in [0.15, 0.2) is 8.32 Å². The third-order valence-corrected chi connectivity index (χ3v) is 15.0. The van der Waals surface area contributed by atoms with Crippen LogP contribution in [-0.2, 0) is 14.0 Å². The Labute approximate surface area is 229 Å². The van der Waals surface area contributed by atoms with Crippen molar-refractivity contribution in [1.29, 1.82) is 0 Å². The third-order valence-electron chi connectivity index (χ3n) is 10.5. The van der Waals surface area contributed by atoms with Crippen molar-refractivity contribution in [2.45, 2.75) is 136 Å². The molecule has 3 fully saturated rings. The number of allylic oxidation sites excluding steroid dienone is 4. The summed E-state index contributed by atoms with van der Waals surface area (Å²) in [6.07, 6.45) is 17.6. The van der Waals surface area contributed by atoms with E-state index in [2.05, 4.69) is 66.4 Å². The summed E-state index contributed by atoms with van der Waals surface area (Å²) in [5.41, 5.74) is 4.79. The number of ether oxygens (including phenoxy) is 1. The molecule has 3 nitrogen and oxygen atoms in total. The standard InChI is InChI=1S/C33H56O3Si/c1-10-35-31(34)15-11-13-25(3)29-20-21-30-26(14-12-22-33(29,30)7)17-18-27-23-28(19-16-24(27)2)36-37(8,9)32(4,5)6/h17-18,25,28-30H,2,10-16,19-23H2,1,3-9H3/b26-17+,27-18+/t25-,28+,29-,30+,33-/m1/s1. The second-order valence-electron chi connectivity index (χ2n) is 14.1. The van der Waals surface area contributed by atoms with Crippen LogP contribution in [0.1, 0.15) is 112 Å². The summed E-state index contributed by atoms with van der Waals surface area (Å²) in [5, 5.41) is 0.245. The quantitative estimate of drug-likeness (QED) is 0.221. The summed E-state index contributed by atoms with van der Waals surface area (Å²) in [6.45, 7) is 23.5. The molecule has 3 rings (SSSR count). The first-order chi connectivity index (χ1) is 17.3. The first kappa shape index (κ1) is 30.4. The van der Waals surface area contributed by atoms with Gasteiger partial charge in [-0.25, -0.2) is 0 Å². The Hall–Kier alpha value is -1.13. The van der Waals surface area contributed by atoms with Gasteiger partial charge < -0.3 is 9.16 Å². The van der Waals surface area contributed by atoms with Crippen LogP contribution in [0.5, 0.6) is 0 Å². The molecule has 0 saturated heterocycles. The number of carbonyl (C=O) groups excluding carboxylic acids is 1. The van der Waals surface area contributed by atoms with E-state index in [0.29, 0.717) is 36.4 Å². The molecule has 5 atom stereocenters. The highest BCUT2D eigenvalue weighted by atomic mass is 28.4. The van der Waals surface area contributed by atoms with E-state index in [1.807, 2.05) is 6.92 Å². The highest BCUT2D eigenvalue weighted by Gasteiger charge is 2.50. The minimum Gasteiger partial charge on any atom is -0.466 e. The molecule has 0 aliphatic heterocycles. The molecule has 37 heavy (non-hydrogen) atoms. The summed E-state index contributed by atoms with van der Waals surface area (Å²) < 4.78 is 11.9. The SMILES string of the molecule is C=C1CC[C@H](O[Si](C)(C)C(C)(C)C)C/C1=C\C=C1/CCC[C@]2(C)[C@@H]([C@H](C)CCCC(=O)OCC)CC[C@@H]12. The van der Waals surface area contributed by atoms with Gasteiger partial charge in [0, 0.05) is 12.5 Å². The fraction of sp³-hybridized carbons (Fsp3) is 0.788. The van der Waals surface area contributed by atoms with E-state index < -0.39 is 8.32 Å². The molecular formula is C33H56O3Si. The van der Waals surface area contributed by atoms with E-state index in [4.69, 9.17) is 9.16 Å². The first-order valence-corrected chi connectivity index (χ1v) is 18.1. The van der Waals surface area contributed by atoms with Crippen molar-refractivity contribution in [2.24, 2.45) is 23.2 Å². The Morgan fingerprint density at radius 3 is 2.59 bits per heavy atom. The lowest BCUT2D eigenvalue weighted by atomic mass is 9.60. The molecule has 0 amide bonds. The Bertz CT molecular complexity index is 876. The monoisotopic (exact) mass is 528 g/mol. The van der Waals surface area contributed by atoms with E-state index >= 15 is 0 Å². The zero-order chi connectivity index (χ0) is 27.4. The topological polar surface area (TPSA) is 35.5 Å². The third kappa shape index (κ3) is 7.29. The molecule has 0 unspecified atom stereocenters. The molecule has 0 aromatic heterocycles. The molecule has 0 aromatic carbocycles. The second-order valence-corrected chi connectivity index (χ2v) is 18.8. The van der Waals surface area contributed by atoms with Crippen LogP contribution in [0.15, 0.2) is 35.5 Å². The van der Waals surface area contributed by atoms with Gasteiger partial charge in [-0.2, -0.15) is 0 Å². The molecule has 0 heterocycles. The number of hydrogen-bond donors (Lipinski definition) is 0. The van der Waals surface area contributed by atoms with Crippen molar-refractivity contribution < 1.29 is 14.0 Å². The van der Waals surface area contributed by atoms with Crippen molar-refractivity contribution in [3.63, 3.8) is 0 Å². The summed E-state index contributed by atoms with van der Waals surface area (Å²) in [7, 11) is -1.76. The Balaban J connectivity index is 1.66. The van der Waals surface area contributed by atoms with Gasteiger partial charge in [-0.1, -0.05) is 64.5 Å². The number of fused-ring (bicyclic) bond motifs is 1. The van der Waals surface area contributed by atoms with Gasteiger partial charge in [0.05, 0.1) is 6.61 Å². The minimum atomic E-state index is -1.76. The minimum absolute atomic E-state index is 0.0395. The van der Waals surface area contributed by atoms with Crippen LogP contribution >= 0.6 is 0 Å². The average molecular weight is 529 g/mol. The van der Waals surface area contributed by atoms with Crippen LogP contribution in [0.4, 0.5) is 0 Å². The predicted octanol–water partition coefficient (Wildman–Crippen LogP) is 9.56. The lowest BCUT2D eigenvalue weighted by Crippen LogP contribution is -2.44. The van der Waals surface area contributed by atoms with Gasteiger partial charge in [-0.05, 0) is 118 Å². The smallest absolute Gasteiger partial charge is 0.305 e. The zero-order valence-electron chi connectivity index (χ0n) is 25.4. The van der Waals surface area contributed by atoms with E-state index in [1.165, 1.54) is 43.3 Å². The van der Waals surface area contributed by atoms with E-state index in [-0.39, 0.29) is 11.0 Å². The van der Waals surface area contributed by atoms with Crippen molar-refractivity contribution >= 4 is 14.3 Å². The van der Waals surface area contributed by atoms with Crippen LogP contribution in [0.3, 0.4) is 0 Å². The fourth-order valence-corrected chi connectivity index (χ4v) is 8.68. The summed E-state index contributed by atoms with van der Waals surface area (Å²) in [5.74, 6) is 2.07. The second kappa shape index (κ2) is 12.4. The van der Waals surface area contributed by atoms with Crippen LogP contribution in [0.25, 0.3) is 0 Å². The molecule has 3 aliphatic rings. The van der Waals surface area contributed by atoms with Gasteiger partial charge >= 0.3 is 5.97 Å². The van der Waals surface area contributed by atoms with Gasteiger partial charge in [0.2, 0.25) is 0 Å². The highest BCUT2D eigenvalue weighted by molar-refractivity contribution is 6.74. The maximum atomic E-state index is 11.8. The molecule has 3 saturated carbocycles. The average Bonchev–Trinajstić information content (AvgIpc) is 3.16. The van der Waals surface area contributed by atoms with E-state index in [1.54, 1.807) is 5.57 Å². The first-order valence-electron chi connectivity index (χ1n) is 15.2. The lowest BCUT2D eigenvalue weighted by molar-refractivity contribution is -0.143. The van der Waals surface area contributed by atoms with Crippen LogP contribution in [0.2, 0.25) is 18.1 Å². The molecule has 0 N–H and O–H groups in total. The van der Waals surface area contributed by atoms with Crippen LogP contribution < -0.4 is 0 Å². The molecule has 0 radical (unpaired) electrons. The van der Waals surface area contributed by atoms with Gasteiger partial charge in [0.1, 0.15) is 0 Å². The molecular weight excluding hydrogens is 472 g/mol. The van der Waals surface area contributed by atoms with Crippen molar-refractivity contribution in [2.75, 3.05) is 6.61 Å². The molecule has 4 heteroatoms. The molecule has 3 aliphatic carbocycles. The number of esters is 1. The summed E-state index contributed by atoms with van der Waals surface area (Å²) >= 11 is 0. The molecule has 210 valence electrons. The van der Waals surface area contributed by atoms with Gasteiger partial charge in [0.25, 0.3) is 0 Å². The predicted molar refractivity (Wildman–Crippen MR) is 159 cm³/mol. The maximum Gasteiger partial charge on any atom is 0.305 e. The maximum absolute atomic E-state index is 11.8. The van der Waals surface area contributed by atoms with E-state index in [0.717, 1.165) is 38.0 Å². The summed E-state index contributed by atoms with van der Waals surface area (Å²) in [4.78, 5) is 11.8. The number of hydrogen-bond acceptors (Lipinski definition) is 3. The highest BCUT2D eigenvalue weighted by Crippen LogP contribution is 2.60. The number of rotatable bonds is 9. The largest absolute Gasteiger partial charge is 0.466 e. The molecule has 0 aromatic rings. The van der Waals surface area contributed by atoms with Gasteiger partial charge in [-0.15, -0.1) is 0 Å². The fourth-order valence-electron chi connectivity index (χ4n) is 7.29. The van der Waals surface area contributed by atoms with Gasteiger partial charge in [-0.3, -0.25) is 4.79 Å². The lowest BCUT2D eigenvalue weighted by Gasteiger charge is -2.44. The number of carbonyl (C=O) groups is 1. The van der Waals surface area contributed by atoms with Crippen molar-refractivity contribution in [3.8, 4) is 0 Å². The molecule has 0 bridgehead atoms. The summed E-state index contributed by atoms with van der Waals surface area (Å²) in [6, 6.07) is 0. The molecule has 0 spiro atoms.